The smallest absolute Gasteiger partial charge is 0.231 e. The third-order valence-electron chi connectivity index (χ3n) is 5.31. The normalized spacial score (nSPS) is 20.7. The van der Waals surface area contributed by atoms with Crippen molar-refractivity contribution in [1.82, 2.24) is 20.0 Å². The Labute approximate surface area is 166 Å². The van der Waals surface area contributed by atoms with Crippen molar-refractivity contribution >= 4 is 17.3 Å². The van der Waals surface area contributed by atoms with E-state index in [2.05, 4.69) is 32.1 Å². The van der Waals surface area contributed by atoms with Crippen LogP contribution in [-0.4, -0.2) is 92.2 Å². The number of morpholine rings is 1. The first-order valence-electron chi connectivity index (χ1n) is 9.72. The van der Waals surface area contributed by atoms with Crippen molar-refractivity contribution in [2.45, 2.75) is 6.54 Å². The van der Waals surface area contributed by atoms with Crippen LogP contribution in [0.15, 0.2) is 18.2 Å². The number of hydrogen-bond acceptors (Lipinski definition) is 6. The van der Waals surface area contributed by atoms with E-state index in [0.29, 0.717) is 6.79 Å². The topological polar surface area (TPSA) is 49.4 Å². The first kappa shape index (κ1) is 18.7. The van der Waals surface area contributed by atoms with Crippen LogP contribution in [0.5, 0.6) is 11.5 Å². The zero-order valence-electron chi connectivity index (χ0n) is 15.7. The van der Waals surface area contributed by atoms with Gasteiger partial charge < -0.3 is 24.4 Å². The quantitative estimate of drug-likeness (QED) is 0.737. The molecule has 8 heteroatoms. The van der Waals surface area contributed by atoms with Gasteiger partial charge in [0.15, 0.2) is 16.6 Å². The molecule has 0 unspecified atom stereocenters. The lowest BCUT2D eigenvalue weighted by Crippen LogP contribution is -2.52. The van der Waals surface area contributed by atoms with E-state index in [0.717, 1.165) is 88.7 Å². The Balaban J connectivity index is 1.16. The first-order chi connectivity index (χ1) is 13.3. The molecule has 0 aromatic heterocycles. The van der Waals surface area contributed by atoms with Crippen molar-refractivity contribution in [2.24, 2.45) is 0 Å². The molecule has 1 aromatic rings. The highest BCUT2D eigenvalue weighted by Crippen LogP contribution is 2.32. The number of rotatable bonds is 5. The molecule has 0 spiro atoms. The van der Waals surface area contributed by atoms with Crippen molar-refractivity contribution in [3.63, 3.8) is 0 Å². The molecular weight excluding hydrogens is 364 g/mol. The summed E-state index contributed by atoms with van der Waals surface area (Å²) < 4.78 is 16.2. The molecule has 2 saturated heterocycles. The van der Waals surface area contributed by atoms with Gasteiger partial charge in [-0.05, 0) is 29.9 Å². The lowest BCUT2D eigenvalue weighted by molar-refractivity contribution is 0.0388. The Morgan fingerprint density at radius 3 is 2.56 bits per heavy atom. The van der Waals surface area contributed by atoms with Crippen molar-refractivity contribution in [3.05, 3.63) is 23.8 Å². The van der Waals surface area contributed by atoms with E-state index < -0.39 is 0 Å². The molecule has 0 amide bonds. The van der Waals surface area contributed by atoms with E-state index in [1.165, 1.54) is 5.56 Å². The van der Waals surface area contributed by atoms with Gasteiger partial charge in [-0.15, -0.1) is 0 Å². The summed E-state index contributed by atoms with van der Waals surface area (Å²) >= 11 is 5.59. The van der Waals surface area contributed by atoms with Crippen LogP contribution in [0.25, 0.3) is 0 Å². The number of nitrogens with zero attached hydrogens (tertiary/aromatic N) is 3. The summed E-state index contributed by atoms with van der Waals surface area (Å²) in [6, 6.07) is 6.21. The number of thiocarbonyl (C=S) groups is 1. The maximum atomic E-state index is 5.59. The largest absolute Gasteiger partial charge is 0.454 e. The van der Waals surface area contributed by atoms with Crippen LogP contribution >= 0.6 is 12.2 Å². The number of ether oxygens (including phenoxy) is 3. The lowest BCUT2D eigenvalue weighted by atomic mass is 10.1. The Kier molecular flexibility index (Phi) is 6.28. The van der Waals surface area contributed by atoms with Gasteiger partial charge in [0.1, 0.15) is 0 Å². The van der Waals surface area contributed by atoms with Crippen LogP contribution in [0.3, 0.4) is 0 Å². The molecule has 0 saturated carbocycles. The number of piperazine rings is 1. The Morgan fingerprint density at radius 2 is 1.74 bits per heavy atom. The molecule has 27 heavy (non-hydrogen) atoms. The first-order valence-corrected chi connectivity index (χ1v) is 10.1. The molecule has 7 nitrogen and oxygen atoms in total. The number of benzene rings is 1. The molecule has 1 N–H and O–H groups in total. The van der Waals surface area contributed by atoms with Crippen LogP contribution in [0, 0.1) is 0 Å². The molecule has 3 aliphatic heterocycles. The molecule has 1 aromatic carbocycles. The molecule has 0 aliphatic carbocycles. The van der Waals surface area contributed by atoms with Gasteiger partial charge in [0.05, 0.1) is 13.2 Å². The zero-order valence-corrected chi connectivity index (χ0v) is 16.5. The zero-order chi connectivity index (χ0) is 18.5. The third kappa shape index (κ3) is 5.01. The molecule has 3 aliphatic rings. The molecule has 3 heterocycles. The second-order valence-electron chi connectivity index (χ2n) is 7.14. The predicted molar refractivity (Wildman–Crippen MR) is 107 cm³/mol. The average molecular weight is 393 g/mol. The van der Waals surface area contributed by atoms with Gasteiger partial charge >= 0.3 is 0 Å². The number of fused-ring (bicyclic) bond motifs is 1. The minimum atomic E-state index is 0.327. The predicted octanol–water partition coefficient (Wildman–Crippen LogP) is 0.740. The minimum absolute atomic E-state index is 0.327. The summed E-state index contributed by atoms with van der Waals surface area (Å²) in [5.41, 5.74) is 1.26. The van der Waals surface area contributed by atoms with Gasteiger partial charge in [0.2, 0.25) is 6.79 Å². The fraction of sp³-hybridized carbons (Fsp3) is 0.632. The van der Waals surface area contributed by atoms with Gasteiger partial charge in [-0.1, -0.05) is 6.07 Å². The average Bonchev–Trinajstić information content (AvgIpc) is 3.17. The SMILES string of the molecule is S=C(NCCN1CCOCC1)N1CCN(Cc2ccc3c(c2)OCO3)CC1. The highest BCUT2D eigenvalue weighted by Gasteiger charge is 2.20. The maximum absolute atomic E-state index is 5.59. The standard InChI is InChI=1S/C19H28N4O3S/c27-19(20-3-4-21-9-11-24-12-10-21)23-7-5-22(6-8-23)14-16-1-2-17-18(13-16)26-15-25-17/h1-2,13H,3-12,14-15H2,(H,20,27). The van der Waals surface area contributed by atoms with Gasteiger partial charge in [-0.3, -0.25) is 9.80 Å². The van der Waals surface area contributed by atoms with Gasteiger partial charge in [-0.25, -0.2) is 0 Å². The van der Waals surface area contributed by atoms with E-state index in [9.17, 15) is 0 Å². The van der Waals surface area contributed by atoms with Crippen molar-refractivity contribution in [3.8, 4) is 11.5 Å². The number of hydrogen-bond donors (Lipinski definition) is 1. The van der Waals surface area contributed by atoms with E-state index in [1.807, 2.05) is 6.07 Å². The highest BCUT2D eigenvalue weighted by molar-refractivity contribution is 7.80. The van der Waals surface area contributed by atoms with Gasteiger partial charge in [0.25, 0.3) is 0 Å². The Morgan fingerprint density at radius 1 is 0.963 bits per heavy atom. The molecular formula is C19H28N4O3S. The van der Waals surface area contributed by atoms with Crippen LogP contribution < -0.4 is 14.8 Å². The molecule has 0 atom stereocenters. The highest BCUT2D eigenvalue weighted by atomic mass is 32.1. The van der Waals surface area contributed by atoms with E-state index in [4.69, 9.17) is 26.4 Å². The van der Waals surface area contributed by atoms with E-state index in [-0.39, 0.29) is 0 Å². The van der Waals surface area contributed by atoms with Crippen LogP contribution in [0.1, 0.15) is 5.56 Å². The second-order valence-corrected chi connectivity index (χ2v) is 7.52. The number of nitrogens with one attached hydrogen (secondary N) is 1. The Bertz CT molecular complexity index is 646. The van der Waals surface area contributed by atoms with Crippen LogP contribution in [0.4, 0.5) is 0 Å². The van der Waals surface area contributed by atoms with E-state index in [1.54, 1.807) is 0 Å². The summed E-state index contributed by atoms with van der Waals surface area (Å²) in [6.07, 6.45) is 0. The summed E-state index contributed by atoms with van der Waals surface area (Å²) in [4.78, 5) is 7.16. The molecule has 4 rings (SSSR count). The fourth-order valence-electron chi connectivity index (χ4n) is 3.66. The van der Waals surface area contributed by atoms with Gasteiger partial charge in [-0.2, -0.15) is 0 Å². The summed E-state index contributed by atoms with van der Waals surface area (Å²) in [5.74, 6) is 1.70. The van der Waals surface area contributed by atoms with Crippen LogP contribution in [0.2, 0.25) is 0 Å². The maximum Gasteiger partial charge on any atom is 0.231 e. The lowest BCUT2D eigenvalue weighted by Gasteiger charge is -2.36. The second kappa shape index (κ2) is 9.05. The third-order valence-corrected chi connectivity index (χ3v) is 5.71. The molecule has 2 fully saturated rings. The van der Waals surface area contributed by atoms with Crippen molar-refractivity contribution < 1.29 is 14.2 Å². The monoisotopic (exact) mass is 392 g/mol. The summed E-state index contributed by atoms with van der Waals surface area (Å²) in [6.45, 7) is 10.9. The minimum Gasteiger partial charge on any atom is -0.454 e. The van der Waals surface area contributed by atoms with Crippen molar-refractivity contribution in [1.29, 1.82) is 0 Å². The van der Waals surface area contributed by atoms with Crippen molar-refractivity contribution in [2.75, 3.05) is 72.4 Å². The van der Waals surface area contributed by atoms with Crippen LogP contribution in [-0.2, 0) is 11.3 Å². The fourth-order valence-corrected chi connectivity index (χ4v) is 3.95. The Hall–Kier alpha value is -1.61. The molecule has 148 valence electrons. The summed E-state index contributed by atoms with van der Waals surface area (Å²) in [5, 5.41) is 4.30. The molecule has 0 radical (unpaired) electrons. The molecule has 0 bridgehead atoms. The van der Waals surface area contributed by atoms with Gasteiger partial charge in [0, 0.05) is 58.9 Å². The van der Waals surface area contributed by atoms with E-state index >= 15 is 0 Å². The summed E-state index contributed by atoms with van der Waals surface area (Å²) in [7, 11) is 0.